The first-order valence-corrected chi connectivity index (χ1v) is 9.25. The largest absolute Gasteiger partial charge is 0.396 e. The Kier molecular flexibility index (Phi) is 7.66. The van der Waals surface area contributed by atoms with Crippen molar-refractivity contribution in [1.29, 1.82) is 0 Å². The maximum absolute atomic E-state index is 15.2. The monoisotopic (exact) mass is 343 g/mol. The molecule has 2 heteroatoms. The van der Waals surface area contributed by atoms with Gasteiger partial charge in [-0.25, -0.2) is 4.39 Å². The predicted octanol–water partition coefficient (Wildman–Crippen LogP) is 6.92. The van der Waals surface area contributed by atoms with Crippen molar-refractivity contribution in [1.82, 2.24) is 0 Å². The second-order valence-corrected chi connectivity index (χ2v) is 7.26. The van der Waals surface area contributed by atoms with E-state index >= 15 is 4.39 Å². The maximum Gasteiger partial charge on any atom is 0.150 e. The molecule has 0 saturated heterocycles. The molecular formula is C23H34FN. The molecule has 0 radical (unpaired) electrons. The Morgan fingerprint density at radius 2 is 2.04 bits per heavy atom. The fraction of sp³-hybridized carbons (Fsp3) is 0.478. The summed E-state index contributed by atoms with van der Waals surface area (Å²) in [6.45, 7) is 16.6. The van der Waals surface area contributed by atoms with Crippen molar-refractivity contribution in [3.8, 4) is 0 Å². The highest BCUT2D eigenvalue weighted by Crippen LogP contribution is 2.48. The van der Waals surface area contributed by atoms with Gasteiger partial charge in [0.25, 0.3) is 0 Å². The van der Waals surface area contributed by atoms with Crippen molar-refractivity contribution in [3.05, 3.63) is 70.8 Å². The van der Waals surface area contributed by atoms with Crippen molar-refractivity contribution in [2.75, 3.05) is 0 Å². The van der Waals surface area contributed by atoms with Gasteiger partial charge in [-0.1, -0.05) is 63.3 Å². The highest BCUT2D eigenvalue weighted by atomic mass is 19.1. The van der Waals surface area contributed by atoms with Gasteiger partial charge in [-0.2, -0.15) is 0 Å². The van der Waals surface area contributed by atoms with Gasteiger partial charge in [0.15, 0.2) is 0 Å². The average Bonchev–Trinajstić information content (AvgIpc) is 2.57. The summed E-state index contributed by atoms with van der Waals surface area (Å²) in [5, 5.41) is 0. The topological polar surface area (TPSA) is 26.0 Å². The van der Waals surface area contributed by atoms with Gasteiger partial charge in [-0.3, -0.25) is 0 Å². The minimum Gasteiger partial charge on any atom is -0.396 e. The molecule has 0 aromatic heterocycles. The lowest BCUT2D eigenvalue weighted by Gasteiger charge is -2.39. The van der Waals surface area contributed by atoms with E-state index in [1.54, 1.807) is 0 Å². The molecule has 0 aromatic rings. The Hall–Kier alpha value is -1.83. The van der Waals surface area contributed by atoms with Crippen LogP contribution in [0.4, 0.5) is 4.39 Å². The molecule has 1 nitrogen and oxygen atoms in total. The van der Waals surface area contributed by atoms with E-state index in [9.17, 15) is 0 Å². The first-order valence-electron chi connectivity index (χ1n) is 9.25. The van der Waals surface area contributed by atoms with Gasteiger partial charge in [0.05, 0.1) is 5.70 Å². The van der Waals surface area contributed by atoms with Gasteiger partial charge in [0.1, 0.15) is 5.83 Å². The molecule has 0 saturated carbocycles. The van der Waals surface area contributed by atoms with Crippen LogP contribution in [0, 0.1) is 11.3 Å². The summed E-state index contributed by atoms with van der Waals surface area (Å²) in [6, 6.07) is 0. The average molecular weight is 344 g/mol. The molecule has 25 heavy (non-hydrogen) atoms. The van der Waals surface area contributed by atoms with Gasteiger partial charge in [-0.05, 0) is 56.6 Å². The molecule has 138 valence electrons. The molecular weight excluding hydrogens is 309 g/mol. The second kappa shape index (κ2) is 9.03. The van der Waals surface area contributed by atoms with E-state index in [4.69, 9.17) is 5.73 Å². The summed E-state index contributed by atoms with van der Waals surface area (Å²) >= 11 is 0. The second-order valence-electron chi connectivity index (χ2n) is 7.26. The Morgan fingerprint density at radius 3 is 2.56 bits per heavy atom. The number of hydrogen-bond acceptors (Lipinski definition) is 1. The molecule has 0 amide bonds. The van der Waals surface area contributed by atoms with Gasteiger partial charge < -0.3 is 5.73 Å². The van der Waals surface area contributed by atoms with Gasteiger partial charge in [0.2, 0.25) is 0 Å². The van der Waals surface area contributed by atoms with Crippen molar-refractivity contribution in [2.24, 2.45) is 17.1 Å². The molecule has 0 aliphatic heterocycles. The fourth-order valence-corrected chi connectivity index (χ4v) is 3.46. The molecule has 0 bridgehead atoms. The lowest BCUT2D eigenvalue weighted by Crippen LogP contribution is -2.31. The predicted molar refractivity (Wildman–Crippen MR) is 109 cm³/mol. The molecule has 0 fully saturated rings. The molecule has 0 spiro atoms. The first kappa shape index (κ1) is 21.2. The highest BCUT2D eigenvalue weighted by molar-refractivity contribution is 5.52. The molecule has 2 unspecified atom stereocenters. The van der Waals surface area contributed by atoms with Crippen LogP contribution in [0.1, 0.15) is 60.8 Å². The Morgan fingerprint density at radius 1 is 1.40 bits per heavy atom. The zero-order valence-corrected chi connectivity index (χ0v) is 16.7. The van der Waals surface area contributed by atoms with Crippen molar-refractivity contribution in [2.45, 2.75) is 60.8 Å². The zero-order valence-electron chi connectivity index (χ0n) is 16.7. The summed E-state index contributed by atoms with van der Waals surface area (Å²) in [7, 11) is 0. The Balaban J connectivity index is 3.49. The molecule has 2 atom stereocenters. The van der Waals surface area contributed by atoms with Crippen LogP contribution in [0.5, 0.6) is 0 Å². The van der Waals surface area contributed by atoms with E-state index in [0.29, 0.717) is 5.57 Å². The van der Waals surface area contributed by atoms with Gasteiger partial charge in [-0.15, -0.1) is 0 Å². The first-order chi connectivity index (χ1) is 11.7. The summed E-state index contributed by atoms with van der Waals surface area (Å²) in [6.07, 6.45) is 13.0. The maximum atomic E-state index is 15.2. The molecule has 2 N–H and O–H groups in total. The highest BCUT2D eigenvalue weighted by Gasteiger charge is 2.38. The Labute approximate surface area is 153 Å². The van der Waals surface area contributed by atoms with Crippen molar-refractivity contribution < 1.29 is 4.39 Å². The molecule has 0 aromatic carbocycles. The van der Waals surface area contributed by atoms with E-state index in [0.717, 1.165) is 36.0 Å². The number of halogens is 1. The van der Waals surface area contributed by atoms with Crippen LogP contribution in [0.25, 0.3) is 0 Å². The summed E-state index contributed by atoms with van der Waals surface area (Å²) < 4.78 is 15.2. The van der Waals surface area contributed by atoms with Gasteiger partial charge >= 0.3 is 0 Å². The third-order valence-corrected chi connectivity index (χ3v) is 5.26. The Bertz CT molecular complexity index is 658. The van der Waals surface area contributed by atoms with E-state index < -0.39 is 0 Å². The van der Waals surface area contributed by atoms with Crippen LogP contribution >= 0.6 is 0 Å². The minimum absolute atomic E-state index is 0.0368. The third-order valence-electron chi connectivity index (χ3n) is 5.26. The van der Waals surface area contributed by atoms with Crippen molar-refractivity contribution >= 4 is 0 Å². The molecule has 0 heterocycles. The summed E-state index contributed by atoms with van der Waals surface area (Å²) in [4.78, 5) is 0. The molecule has 1 rings (SSSR count). The lowest BCUT2D eigenvalue weighted by atomic mass is 9.65. The quantitative estimate of drug-likeness (QED) is 0.394. The smallest absolute Gasteiger partial charge is 0.150 e. The molecule has 1 aliphatic carbocycles. The van der Waals surface area contributed by atoms with E-state index in [1.807, 2.05) is 39.0 Å². The minimum atomic E-state index is -0.298. The number of nitrogens with two attached hydrogens (primary N) is 1. The number of rotatable bonds is 7. The van der Waals surface area contributed by atoms with E-state index in [-0.39, 0.29) is 22.9 Å². The summed E-state index contributed by atoms with van der Waals surface area (Å²) in [5.74, 6) is -0.261. The van der Waals surface area contributed by atoms with Crippen molar-refractivity contribution in [3.63, 3.8) is 0 Å². The van der Waals surface area contributed by atoms with Crippen LogP contribution in [-0.2, 0) is 0 Å². The fourth-order valence-electron chi connectivity index (χ4n) is 3.46. The SMILES string of the molecule is C=C(/C=C(C)\C=C/C)C1=C(F)C(N)=C(C)CC1C(C)(C=CCC)CC. The third kappa shape index (κ3) is 4.84. The normalized spacial score (nSPS) is 22.2. The number of allylic oxidation sites excluding steroid dienone is 10. The zero-order chi connectivity index (χ0) is 19.2. The lowest BCUT2D eigenvalue weighted by molar-refractivity contribution is 0.273. The van der Waals surface area contributed by atoms with E-state index in [1.165, 1.54) is 0 Å². The van der Waals surface area contributed by atoms with Gasteiger partial charge in [0, 0.05) is 11.5 Å². The van der Waals surface area contributed by atoms with Crippen LogP contribution in [0.3, 0.4) is 0 Å². The number of hydrogen-bond donors (Lipinski definition) is 1. The van der Waals surface area contributed by atoms with Crippen LogP contribution in [0.15, 0.2) is 70.8 Å². The van der Waals surface area contributed by atoms with Crippen LogP contribution in [0.2, 0.25) is 0 Å². The van der Waals surface area contributed by atoms with E-state index in [2.05, 4.69) is 39.5 Å². The standard InChI is InChI=1S/C23H34FN/c1-8-11-13-23(7,10-3)19-15-18(6)22(25)21(24)20(19)17(5)14-16(4)12-9-2/h9,11-14,19H,5,8,10,15,25H2,1-4,6-7H3/b12-9-,13-11?,16-14-. The molecule has 1 aliphatic rings. The van der Waals surface area contributed by atoms with Crippen LogP contribution < -0.4 is 5.73 Å². The van der Waals surface area contributed by atoms with Crippen LogP contribution in [-0.4, -0.2) is 0 Å². The summed E-state index contributed by atoms with van der Waals surface area (Å²) in [5.41, 5.74) is 9.56.